The van der Waals surface area contributed by atoms with E-state index < -0.39 is 5.97 Å². The van der Waals surface area contributed by atoms with Gasteiger partial charge in [-0.3, -0.25) is 14.3 Å². The topological polar surface area (TPSA) is 88.3 Å². The number of carboxylic acid groups (broad SMARTS) is 1. The van der Waals surface area contributed by atoms with Crippen LogP contribution in [0.4, 0.5) is 0 Å². The average molecular weight is 362 g/mol. The predicted octanol–water partition coefficient (Wildman–Crippen LogP) is 2.07. The highest BCUT2D eigenvalue weighted by Gasteiger charge is 2.27. The van der Waals surface area contributed by atoms with Crippen molar-refractivity contribution in [3.8, 4) is 0 Å². The minimum atomic E-state index is -0.909. The number of hydrogen-bond acceptors (Lipinski definition) is 5. The first-order valence-corrected chi connectivity index (χ1v) is 9.33. The number of likely N-dealkylation sites (tertiary alicyclic amines) is 1. The molecular formula is C17H22N4O3S. The fourth-order valence-electron chi connectivity index (χ4n) is 3.34. The number of aryl methyl sites for hydroxylation is 2. The van der Waals surface area contributed by atoms with E-state index in [2.05, 4.69) is 10.1 Å². The molecule has 2 aromatic heterocycles. The Morgan fingerprint density at radius 1 is 1.44 bits per heavy atom. The third-order valence-electron chi connectivity index (χ3n) is 4.64. The summed E-state index contributed by atoms with van der Waals surface area (Å²) in [4.78, 5) is 30.8. The number of nitrogens with zero attached hydrogens (tertiary/aromatic N) is 4. The van der Waals surface area contributed by atoms with Crippen molar-refractivity contribution in [3.63, 3.8) is 0 Å². The molecule has 1 saturated heterocycles. The Morgan fingerprint density at radius 2 is 2.28 bits per heavy atom. The smallest absolute Gasteiger partial charge is 0.325 e. The molecule has 1 fully saturated rings. The molecule has 0 radical (unpaired) electrons. The standard InChI is InChI=1S/C17H22N4O3S/c1-12-15(25-11-18-12)4-5-16(22)20-8-2-3-13(9-20)14-6-7-19-21(14)10-17(23)24/h6-7,11,13H,2-5,8-10H2,1H3,(H,23,24). The molecule has 1 N–H and O–H groups in total. The van der Waals surface area contributed by atoms with E-state index in [0.717, 1.165) is 37.2 Å². The highest BCUT2D eigenvalue weighted by molar-refractivity contribution is 7.09. The van der Waals surface area contributed by atoms with Crippen LogP contribution < -0.4 is 0 Å². The SMILES string of the molecule is Cc1ncsc1CCC(=O)N1CCCC(c2ccnn2CC(=O)O)C1. The zero-order valence-electron chi connectivity index (χ0n) is 14.2. The van der Waals surface area contributed by atoms with Gasteiger partial charge in [0.25, 0.3) is 0 Å². The Kier molecular flexibility index (Phi) is 5.47. The normalized spacial score (nSPS) is 17.6. The summed E-state index contributed by atoms with van der Waals surface area (Å²) in [5, 5.41) is 13.1. The molecule has 8 heteroatoms. The van der Waals surface area contributed by atoms with Crippen molar-refractivity contribution in [2.75, 3.05) is 13.1 Å². The van der Waals surface area contributed by atoms with E-state index in [0.29, 0.717) is 13.0 Å². The molecule has 2 aromatic rings. The van der Waals surface area contributed by atoms with E-state index in [1.54, 1.807) is 17.5 Å². The van der Waals surface area contributed by atoms with E-state index >= 15 is 0 Å². The lowest BCUT2D eigenvalue weighted by atomic mass is 9.94. The zero-order valence-corrected chi connectivity index (χ0v) is 15.0. The molecule has 3 rings (SSSR count). The van der Waals surface area contributed by atoms with Gasteiger partial charge in [0.2, 0.25) is 5.91 Å². The van der Waals surface area contributed by atoms with E-state index in [-0.39, 0.29) is 18.4 Å². The number of carbonyl (C=O) groups excluding carboxylic acids is 1. The lowest BCUT2D eigenvalue weighted by molar-refractivity contribution is -0.138. The van der Waals surface area contributed by atoms with Crippen molar-refractivity contribution in [2.45, 2.75) is 45.1 Å². The molecule has 0 aliphatic carbocycles. The largest absolute Gasteiger partial charge is 0.480 e. The van der Waals surface area contributed by atoms with E-state index in [4.69, 9.17) is 5.11 Å². The van der Waals surface area contributed by atoms with Crippen LogP contribution in [0, 0.1) is 6.92 Å². The summed E-state index contributed by atoms with van der Waals surface area (Å²) in [6.07, 6.45) is 4.72. The van der Waals surface area contributed by atoms with Gasteiger partial charge in [-0.25, -0.2) is 4.98 Å². The van der Waals surface area contributed by atoms with Crippen molar-refractivity contribution in [3.05, 3.63) is 34.0 Å². The molecule has 0 spiro atoms. The first-order chi connectivity index (χ1) is 12.0. The van der Waals surface area contributed by atoms with Crippen LogP contribution in [0.3, 0.4) is 0 Å². The number of thiazole rings is 1. The molecule has 134 valence electrons. The maximum absolute atomic E-state index is 12.6. The monoisotopic (exact) mass is 362 g/mol. The molecule has 1 aliphatic rings. The Morgan fingerprint density at radius 3 is 3.00 bits per heavy atom. The zero-order chi connectivity index (χ0) is 17.8. The molecule has 1 amide bonds. The van der Waals surface area contributed by atoms with Gasteiger partial charge in [0.05, 0.1) is 11.2 Å². The van der Waals surface area contributed by atoms with E-state index in [1.807, 2.05) is 23.4 Å². The second-order valence-corrected chi connectivity index (χ2v) is 7.29. The van der Waals surface area contributed by atoms with Crippen LogP contribution in [0.25, 0.3) is 0 Å². The third kappa shape index (κ3) is 4.25. The number of rotatable bonds is 6. The van der Waals surface area contributed by atoms with Crippen molar-refractivity contribution in [2.24, 2.45) is 0 Å². The number of amides is 1. The van der Waals surface area contributed by atoms with Crippen LogP contribution in [0.2, 0.25) is 0 Å². The van der Waals surface area contributed by atoms with Crippen LogP contribution in [0.5, 0.6) is 0 Å². The molecular weight excluding hydrogens is 340 g/mol. The van der Waals surface area contributed by atoms with Crippen molar-refractivity contribution < 1.29 is 14.7 Å². The molecule has 1 unspecified atom stereocenters. The summed E-state index contributed by atoms with van der Waals surface area (Å²) in [5.74, 6) is -0.611. The van der Waals surface area contributed by atoms with Gasteiger partial charge in [-0.05, 0) is 32.3 Å². The highest BCUT2D eigenvalue weighted by atomic mass is 32.1. The van der Waals surface area contributed by atoms with Gasteiger partial charge in [-0.2, -0.15) is 5.10 Å². The van der Waals surface area contributed by atoms with E-state index in [9.17, 15) is 9.59 Å². The van der Waals surface area contributed by atoms with Crippen LogP contribution in [0.1, 0.15) is 41.4 Å². The number of hydrogen-bond donors (Lipinski definition) is 1. The molecule has 0 saturated carbocycles. The summed E-state index contributed by atoms with van der Waals surface area (Å²) < 4.78 is 1.53. The minimum Gasteiger partial charge on any atom is -0.480 e. The quantitative estimate of drug-likeness (QED) is 0.850. The van der Waals surface area contributed by atoms with Gasteiger partial charge in [0, 0.05) is 42.2 Å². The summed E-state index contributed by atoms with van der Waals surface area (Å²) >= 11 is 1.60. The Hall–Kier alpha value is -2.22. The Labute approximate surface area is 150 Å². The lowest BCUT2D eigenvalue weighted by Gasteiger charge is -2.33. The maximum Gasteiger partial charge on any atom is 0.325 e. The van der Waals surface area contributed by atoms with Gasteiger partial charge in [-0.15, -0.1) is 11.3 Å². The predicted molar refractivity (Wildman–Crippen MR) is 93.6 cm³/mol. The van der Waals surface area contributed by atoms with Gasteiger partial charge >= 0.3 is 5.97 Å². The molecule has 0 bridgehead atoms. The average Bonchev–Trinajstić information content (AvgIpc) is 3.21. The lowest BCUT2D eigenvalue weighted by Crippen LogP contribution is -2.39. The van der Waals surface area contributed by atoms with E-state index in [1.165, 1.54) is 9.56 Å². The molecule has 0 aromatic carbocycles. The number of carbonyl (C=O) groups is 2. The molecule has 3 heterocycles. The second kappa shape index (κ2) is 7.77. The third-order valence-corrected chi connectivity index (χ3v) is 5.63. The Bertz CT molecular complexity index is 755. The number of aromatic nitrogens is 3. The first-order valence-electron chi connectivity index (χ1n) is 8.45. The number of aliphatic carboxylic acids is 1. The van der Waals surface area contributed by atoms with Crippen molar-refractivity contribution in [1.29, 1.82) is 0 Å². The van der Waals surface area contributed by atoms with Crippen molar-refractivity contribution in [1.82, 2.24) is 19.7 Å². The number of carboxylic acids is 1. The summed E-state index contributed by atoms with van der Waals surface area (Å²) in [5.41, 5.74) is 3.72. The van der Waals surface area contributed by atoms with Crippen LogP contribution in [-0.2, 0) is 22.6 Å². The summed E-state index contributed by atoms with van der Waals surface area (Å²) in [7, 11) is 0. The maximum atomic E-state index is 12.6. The van der Waals surface area contributed by atoms with Gasteiger partial charge in [0.15, 0.2) is 0 Å². The van der Waals surface area contributed by atoms with Gasteiger partial charge < -0.3 is 10.0 Å². The van der Waals surface area contributed by atoms with Gasteiger partial charge in [-0.1, -0.05) is 0 Å². The van der Waals surface area contributed by atoms with Crippen LogP contribution in [0.15, 0.2) is 17.8 Å². The Balaban J connectivity index is 1.61. The first kappa shape index (κ1) is 17.6. The summed E-state index contributed by atoms with van der Waals surface area (Å²) in [6.45, 7) is 3.23. The second-order valence-electron chi connectivity index (χ2n) is 6.35. The minimum absolute atomic E-state index is 0.141. The summed E-state index contributed by atoms with van der Waals surface area (Å²) in [6, 6.07) is 1.86. The molecule has 7 nitrogen and oxygen atoms in total. The molecule has 1 aliphatic heterocycles. The molecule has 1 atom stereocenters. The number of piperidine rings is 1. The van der Waals surface area contributed by atoms with Crippen LogP contribution >= 0.6 is 11.3 Å². The van der Waals surface area contributed by atoms with Gasteiger partial charge in [0.1, 0.15) is 6.54 Å². The fraction of sp³-hybridized carbons (Fsp3) is 0.529. The van der Waals surface area contributed by atoms with Crippen molar-refractivity contribution >= 4 is 23.2 Å². The highest BCUT2D eigenvalue weighted by Crippen LogP contribution is 2.27. The molecule has 25 heavy (non-hydrogen) atoms. The van der Waals surface area contributed by atoms with Crippen LogP contribution in [-0.4, -0.2) is 49.7 Å². The fourth-order valence-corrected chi connectivity index (χ4v) is 4.12.